The van der Waals surface area contributed by atoms with Gasteiger partial charge in [-0.3, -0.25) is 4.55 Å². The number of aryl methyl sites for hydroxylation is 1. The minimum Gasteiger partial charge on any atom is -0.497 e. The Morgan fingerprint density at radius 3 is 2.48 bits per heavy atom. The van der Waals surface area contributed by atoms with Gasteiger partial charge in [0.15, 0.2) is 0 Å². The maximum absolute atomic E-state index is 12.1. The van der Waals surface area contributed by atoms with Crippen LogP contribution < -0.4 is 9.47 Å². The Hall–Kier alpha value is -2.09. The summed E-state index contributed by atoms with van der Waals surface area (Å²) in [5, 5.41) is 10.6. The van der Waals surface area contributed by atoms with Crippen LogP contribution >= 0.6 is 0 Å². The monoisotopic (exact) mass is 472 g/mol. The molecule has 0 saturated heterocycles. The highest BCUT2D eigenvalue weighted by Crippen LogP contribution is 2.61. The van der Waals surface area contributed by atoms with Gasteiger partial charge in [-0.2, -0.15) is 8.42 Å². The molecule has 3 aliphatic rings. The first-order valence-corrected chi connectivity index (χ1v) is 13.2. The number of hydrogen-bond donors (Lipinski definition) is 2. The Labute approximate surface area is 195 Å². The van der Waals surface area contributed by atoms with Crippen LogP contribution in [0.2, 0.25) is 0 Å². The molecule has 0 amide bonds. The van der Waals surface area contributed by atoms with Crippen molar-refractivity contribution >= 4 is 10.1 Å². The molecule has 0 radical (unpaired) electrons. The molecule has 2 fully saturated rings. The standard InChI is InChI=1S/C26H32O6S/c1-26-11-10-17-18(22(26)7-9-25(26)27)6-4-15-12-20(23(32-3)14-19(15)17)21-13-16(31-2)5-8-24(21)33(28,29)30/h5,8,12-14,17-18,22,25,27H,4,6-7,9-11H2,1-3H3,(H,28,29,30)/t17?,18?,22?,25-,26-/m0/s1. The van der Waals surface area contributed by atoms with Gasteiger partial charge >= 0.3 is 0 Å². The molecule has 2 N–H and O–H groups in total. The predicted octanol–water partition coefficient (Wildman–Crippen LogP) is 4.83. The van der Waals surface area contributed by atoms with E-state index in [1.54, 1.807) is 13.2 Å². The smallest absolute Gasteiger partial charge is 0.295 e. The van der Waals surface area contributed by atoms with Gasteiger partial charge in [-0.05, 0) is 103 Å². The van der Waals surface area contributed by atoms with Crippen molar-refractivity contribution in [3.8, 4) is 22.6 Å². The molecule has 6 nitrogen and oxygen atoms in total. The minimum absolute atomic E-state index is 0.0215. The number of rotatable bonds is 4. The van der Waals surface area contributed by atoms with Gasteiger partial charge in [0.25, 0.3) is 10.1 Å². The summed E-state index contributed by atoms with van der Waals surface area (Å²) in [6, 6.07) is 8.63. The zero-order valence-electron chi connectivity index (χ0n) is 19.4. The summed E-state index contributed by atoms with van der Waals surface area (Å²) >= 11 is 0. The summed E-state index contributed by atoms with van der Waals surface area (Å²) in [7, 11) is -1.32. The third-order valence-electron chi connectivity index (χ3n) is 8.75. The summed E-state index contributed by atoms with van der Waals surface area (Å²) in [5.74, 6) is 2.60. The molecule has 2 saturated carbocycles. The summed E-state index contributed by atoms with van der Waals surface area (Å²) < 4.78 is 45.2. The molecule has 3 unspecified atom stereocenters. The van der Waals surface area contributed by atoms with Crippen molar-refractivity contribution in [3.05, 3.63) is 41.5 Å². The SMILES string of the molecule is COc1ccc(S(=O)(=O)O)c(-c2cc3c(cc2OC)C2CC[C@@]4(C)C(CC[C@@H]4O)C2CC3)c1. The van der Waals surface area contributed by atoms with E-state index in [9.17, 15) is 18.1 Å². The number of aliphatic hydroxyl groups excluding tert-OH is 1. The largest absolute Gasteiger partial charge is 0.497 e. The number of hydrogen-bond acceptors (Lipinski definition) is 5. The van der Waals surface area contributed by atoms with Gasteiger partial charge < -0.3 is 14.6 Å². The summed E-state index contributed by atoms with van der Waals surface area (Å²) in [6.07, 6.45) is 5.82. The lowest BCUT2D eigenvalue weighted by atomic mass is 9.55. The number of methoxy groups -OCH3 is 2. The van der Waals surface area contributed by atoms with Crippen molar-refractivity contribution in [1.82, 2.24) is 0 Å². The molecule has 0 heterocycles. The fourth-order valence-electron chi connectivity index (χ4n) is 7.02. The van der Waals surface area contributed by atoms with Crippen molar-refractivity contribution in [2.24, 2.45) is 17.3 Å². The van der Waals surface area contributed by atoms with E-state index in [0.717, 1.165) is 38.5 Å². The average molecular weight is 473 g/mol. The van der Waals surface area contributed by atoms with Crippen molar-refractivity contribution < 1.29 is 27.6 Å². The van der Waals surface area contributed by atoms with Crippen LogP contribution in [0.5, 0.6) is 11.5 Å². The molecule has 178 valence electrons. The van der Waals surface area contributed by atoms with Crippen LogP contribution in [0, 0.1) is 17.3 Å². The van der Waals surface area contributed by atoms with E-state index in [-0.39, 0.29) is 16.4 Å². The first-order chi connectivity index (χ1) is 15.7. The van der Waals surface area contributed by atoms with Gasteiger partial charge in [-0.25, -0.2) is 0 Å². The van der Waals surface area contributed by atoms with Gasteiger partial charge in [-0.15, -0.1) is 0 Å². The van der Waals surface area contributed by atoms with Gasteiger partial charge in [0.05, 0.1) is 20.3 Å². The lowest BCUT2D eigenvalue weighted by molar-refractivity contribution is -0.0226. The molecule has 5 rings (SSSR count). The van der Waals surface area contributed by atoms with Crippen LogP contribution in [-0.4, -0.2) is 38.4 Å². The van der Waals surface area contributed by atoms with Crippen LogP contribution in [0.4, 0.5) is 0 Å². The molecule has 33 heavy (non-hydrogen) atoms. The second kappa shape index (κ2) is 8.00. The summed E-state index contributed by atoms with van der Waals surface area (Å²) in [4.78, 5) is -0.163. The van der Waals surface area contributed by atoms with Crippen LogP contribution in [-0.2, 0) is 16.5 Å². The number of ether oxygens (including phenoxy) is 2. The van der Waals surface area contributed by atoms with Gasteiger partial charge in [-0.1, -0.05) is 6.92 Å². The fourth-order valence-corrected chi connectivity index (χ4v) is 7.71. The Kier molecular flexibility index (Phi) is 5.50. The Morgan fingerprint density at radius 2 is 1.79 bits per heavy atom. The van der Waals surface area contributed by atoms with Gasteiger partial charge in [0, 0.05) is 11.1 Å². The summed E-state index contributed by atoms with van der Waals surface area (Å²) in [6.45, 7) is 2.27. The van der Waals surface area contributed by atoms with Crippen molar-refractivity contribution in [3.63, 3.8) is 0 Å². The molecule has 0 spiro atoms. The average Bonchev–Trinajstić information content (AvgIpc) is 3.11. The van der Waals surface area contributed by atoms with E-state index in [0.29, 0.717) is 40.4 Å². The van der Waals surface area contributed by atoms with Crippen molar-refractivity contribution in [2.75, 3.05) is 14.2 Å². The van der Waals surface area contributed by atoms with Crippen LogP contribution in [0.1, 0.15) is 56.1 Å². The van der Waals surface area contributed by atoms with E-state index in [2.05, 4.69) is 13.0 Å². The zero-order chi connectivity index (χ0) is 23.5. The Balaban J connectivity index is 1.61. The fraction of sp³-hybridized carbons (Fsp3) is 0.538. The molecule has 2 aromatic rings. The topological polar surface area (TPSA) is 93.1 Å². The second-order valence-electron chi connectivity index (χ2n) is 10.1. The summed E-state index contributed by atoms with van der Waals surface area (Å²) in [5.41, 5.74) is 3.52. The van der Waals surface area contributed by atoms with Crippen LogP contribution in [0.25, 0.3) is 11.1 Å². The van der Waals surface area contributed by atoms with E-state index < -0.39 is 10.1 Å². The molecular weight excluding hydrogens is 440 g/mol. The Bertz CT molecular complexity index is 1190. The van der Waals surface area contributed by atoms with E-state index >= 15 is 0 Å². The third kappa shape index (κ3) is 3.56. The third-order valence-corrected chi connectivity index (χ3v) is 9.66. The number of benzene rings is 2. The molecule has 5 atom stereocenters. The van der Waals surface area contributed by atoms with Gasteiger partial charge in [0.1, 0.15) is 16.4 Å². The highest BCUT2D eigenvalue weighted by molar-refractivity contribution is 7.86. The second-order valence-corrected chi connectivity index (χ2v) is 11.5. The maximum Gasteiger partial charge on any atom is 0.295 e. The predicted molar refractivity (Wildman–Crippen MR) is 125 cm³/mol. The lowest BCUT2D eigenvalue weighted by Gasteiger charge is -2.50. The molecule has 7 heteroatoms. The maximum atomic E-state index is 12.1. The first-order valence-electron chi connectivity index (χ1n) is 11.7. The van der Waals surface area contributed by atoms with Crippen molar-refractivity contribution in [2.45, 2.75) is 62.4 Å². The Morgan fingerprint density at radius 1 is 1.00 bits per heavy atom. The molecule has 3 aliphatic carbocycles. The lowest BCUT2D eigenvalue weighted by Crippen LogP contribution is -2.43. The quantitative estimate of drug-likeness (QED) is 0.619. The number of fused-ring (bicyclic) bond motifs is 5. The minimum atomic E-state index is -4.43. The number of aliphatic hydroxyl groups is 1. The van der Waals surface area contributed by atoms with Crippen LogP contribution in [0.15, 0.2) is 35.2 Å². The molecule has 0 aromatic heterocycles. The van der Waals surface area contributed by atoms with Crippen molar-refractivity contribution in [1.29, 1.82) is 0 Å². The molecule has 0 aliphatic heterocycles. The zero-order valence-corrected chi connectivity index (χ0v) is 20.2. The first kappa shape index (κ1) is 22.7. The molecule has 2 aromatic carbocycles. The molecular formula is C26H32O6S. The molecule has 0 bridgehead atoms. The van der Waals surface area contributed by atoms with E-state index in [1.165, 1.54) is 30.4 Å². The van der Waals surface area contributed by atoms with Gasteiger partial charge in [0.2, 0.25) is 0 Å². The highest BCUT2D eigenvalue weighted by atomic mass is 32.2. The highest BCUT2D eigenvalue weighted by Gasteiger charge is 2.54. The van der Waals surface area contributed by atoms with E-state index in [1.807, 2.05) is 6.07 Å². The normalized spacial score (nSPS) is 30.8. The van der Waals surface area contributed by atoms with Crippen LogP contribution in [0.3, 0.4) is 0 Å². The van der Waals surface area contributed by atoms with E-state index in [4.69, 9.17) is 9.47 Å².